The van der Waals surface area contributed by atoms with Crippen molar-refractivity contribution in [3.8, 4) is 0 Å². The van der Waals surface area contributed by atoms with E-state index in [1.165, 1.54) is 19.3 Å². The van der Waals surface area contributed by atoms with Gasteiger partial charge in [0.1, 0.15) is 5.82 Å². The van der Waals surface area contributed by atoms with Gasteiger partial charge in [-0.1, -0.05) is 29.3 Å². The molecule has 1 aromatic carbocycles. The first-order chi connectivity index (χ1) is 8.73. The van der Waals surface area contributed by atoms with Gasteiger partial charge in [-0.25, -0.2) is 4.98 Å². The van der Waals surface area contributed by atoms with Crippen LogP contribution in [0.5, 0.6) is 0 Å². The number of hydrogen-bond donors (Lipinski definition) is 2. The molecule has 2 heterocycles. The van der Waals surface area contributed by atoms with Gasteiger partial charge in [0.15, 0.2) is 0 Å². The Labute approximate surface area is 116 Å². The van der Waals surface area contributed by atoms with E-state index in [-0.39, 0.29) is 5.54 Å². The lowest BCUT2D eigenvalue weighted by Crippen LogP contribution is -2.37. The summed E-state index contributed by atoms with van der Waals surface area (Å²) in [6.45, 7) is 3.34. The van der Waals surface area contributed by atoms with Crippen molar-refractivity contribution in [1.29, 1.82) is 0 Å². The number of aromatic nitrogens is 2. The van der Waals surface area contributed by atoms with E-state index in [0.29, 0.717) is 0 Å². The van der Waals surface area contributed by atoms with Crippen LogP contribution in [0.25, 0.3) is 11.0 Å². The average Bonchev–Trinajstić information content (AvgIpc) is 2.95. The van der Waals surface area contributed by atoms with E-state index in [0.717, 1.165) is 34.3 Å². The Hall–Kier alpha value is -0.870. The Morgan fingerprint density at radius 1 is 1.44 bits per heavy atom. The second-order valence-corrected chi connectivity index (χ2v) is 6.02. The van der Waals surface area contributed by atoms with Crippen LogP contribution in [0, 0.1) is 0 Å². The molecule has 3 nitrogen and oxygen atoms in total. The first-order valence-electron chi connectivity index (χ1n) is 6.64. The van der Waals surface area contributed by atoms with Crippen LogP contribution >= 0.6 is 15.9 Å². The fourth-order valence-corrected chi connectivity index (χ4v) is 3.34. The van der Waals surface area contributed by atoms with Gasteiger partial charge in [-0.15, -0.1) is 0 Å². The van der Waals surface area contributed by atoms with Gasteiger partial charge in [-0.05, 0) is 44.0 Å². The smallest absolute Gasteiger partial charge is 0.127 e. The molecule has 18 heavy (non-hydrogen) atoms. The third kappa shape index (κ3) is 1.97. The van der Waals surface area contributed by atoms with Crippen LogP contribution in [0.1, 0.15) is 38.4 Å². The number of nitrogens with one attached hydrogen (secondary N) is 2. The molecule has 0 radical (unpaired) electrons. The van der Waals surface area contributed by atoms with E-state index in [4.69, 9.17) is 4.98 Å². The topological polar surface area (TPSA) is 40.7 Å². The van der Waals surface area contributed by atoms with Gasteiger partial charge in [-0.2, -0.15) is 0 Å². The molecule has 1 aromatic heterocycles. The number of rotatable bonds is 3. The Bertz CT molecular complexity index is 555. The largest absolute Gasteiger partial charge is 0.340 e. The van der Waals surface area contributed by atoms with Gasteiger partial charge in [0.25, 0.3) is 0 Å². The molecule has 0 amide bonds. The number of aromatic amines is 1. The zero-order valence-electron chi connectivity index (χ0n) is 10.6. The number of nitrogens with zero attached hydrogens (tertiary/aromatic N) is 1. The molecule has 1 aliphatic heterocycles. The summed E-state index contributed by atoms with van der Waals surface area (Å²) in [4.78, 5) is 8.29. The lowest BCUT2D eigenvalue weighted by Gasteiger charge is -2.26. The van der Waals surface area contributed by atoms with Crippen molar-refractivity contribution in [2.24, 2.45) is 0 Å². The van der Waals surface area contributed by atoms with Crippen molar-refractivity contribution < 1.29 is 0 Å². The predicted octanol–water partition coefficient (Wildman–Crippen LogP) is 3.70. The monoisotopic (exact) mass is 307 g/mol. The lowest BCUT2D eigenvalue weighted by molar-refractivity contribution is 0.338. The van der Waals surface area contributed by atoms with Crippen molar-refractivity contribution >= 4 is 27.0 Å². The first kappa shape index (κ1) is 12.2. The van der Waals surface area contributed by atoms with Crippen molar-refractivity contribution in [1.82, 2.24) is 15.3 Å². The van der Waals surface area contributed by atoms with Crippen LogP contribution in [-0.4, -0.2) is 16.5 Å². The predicted molar refractivity (Wildman–Crippen MR) is 77.6 cm³/mol. The van der Waals surface area contributed by atoms with Crippen molar-refractivity contribution in [3.05, 3.63) is 28.5 Å². The summed E-state index contributed by atoms with van der Waals surface area (Å²) in [7, 11) is 0. The summed E-state index contributed by atoms with van der Waals surface area (Å²) in [6.07, 6.45) is 4.74. The second-order valence-electron chi connectivity index (χ2n) is 5.11. The second kappa shape index (κ2) is 4.67. The minimum atomic E-state index is 0.0697. The molecule has 3 rings (SSSR count). The quantitative estimate of drug-likeness (QED) is 0.907. The van der Waals surface area contributed by atoms with Crippen LogP contribution in [-0.2, 0) is 5.54 Å². The fraction of sp³-hybridized carbons (Fsp3) is 0.500. The first-order valence-corrected chi connectivity index (χ1v) is 7.43. The van der Waals surface area contributed by atoms with E-state index in [9.17, 15) is 0 Å². The summed E-state index contributed by atoms with van der Waals surface area (Å²) >= 11 is 3.51. The number of imidazole rings is 1. The number of fused-ring (bicyclic) bond motifs is 1. The molecular weight excluding hydrogens is 290 g/mol. The maximum absolute atomic E-state index is 4.79. The van der Waals surface area contributed by atoms with Crippen LogP contribution in [0.4, 0.5) is 0 Å². The normalized spacial score (nSPS) is 23.9. The lowest BCUT2D eigenvalue weighted by atomic mass is 9.91. The highest BCUT2D eigenvalue weighted by atomic mass is 79.9. The van der Waals surface area contributed by atoms with Gasteiger partial charge in [0, 0.05) is 4.47 Å². The van der Waals surface area contributed by atoms with Crippen LogP contribution < -0.4 is 5.32 Å². The minimum Gasteiger partial charge on any atom is -0.340 e. The molecule has 2 aromatic rings. The van der Waals surface area contributed by atoms with Gasteiger partial charge in [0.2, 0.25) is 0 Å². The van der Waals surface area contributed by atoms with Crippen molar-refractivity contribution in [3.63, 3.8) is 0 Å². The highest BCUT2D eigenvalue weighted by molar-refractivity contribution is 9.10. The average molecular weight is 308 g/mol. The van der Waals surface area contributed by atoms with E-state index in [1.807, 2.05) is 6.07 Å². The van der Waals surface area contributed by atoms with Gasteiger partial charge < -0.3 is 10.3 Å². The molecule has 0 saturated carbocycles. The van der Waals surface area contributed by atoms with E-state index < -0.39 is 0 Å². The summed E-state index contributed by atoms with van der Waals surface area (Å²) in [5, 5.41) is 3.66. The minimum absolute atomic E-state index is 0.0697. The highest BCUT2D eigenvalue weighted by Crippen LogP contribution is 2.34. The molecule has 0 aliphatic carbocycles. The summed E-state index contributed by atoms with van der Waals surface area (Å²) in [6, 6.07) is 6.20. The van der Waals surface area contributed by atoms with E-state index >= 15 is 0 Å². The van der Waals surface area contributed by atoms with Gasteiger partial charge >= 0.3 is 0 Å². The Morgan fingerprint density at radius 3 is 3.06 bits per heavy atom. The maximum atomic E-state index is 4.79. The van der Waals surface area contributed by atoms with E-state index in [2.05, 4.69) is 45.3 Å². The SMILES string of the molecule is CCCC1(c2nc3ccc(Br)cc3[nH]2)CCCN1. The summed E-state index contributed by atoms with van der Waals surface area (Å²) in [5.74, 6) is 1.11. The summed E-state index contributed by atoms with van der Waals surface area (Å²) < 4.78 is 1.09. The molecule has 1 fully saturated rings. The van der Waals surface area contributed by atoms with Crippen molar-refractivity contribution in [2.45, 2.75) is 38.1 Å². The van der Waals surface area contributed by atoms with Crippen molar-refractivity contribution in [2.75, 3.05) is 6.54 Å². The van der Waals surface area contributed by atoms with Gasteiger partial charge in [0.05, 0.1) is 16.6 Å². The Kier molecular flexibility index (Phi) is 3.16. The molecule has 1 atom stereocenters. The van der Waals surface area contributed by atoms with Crippen LogP contribution in [0.2, 0.25) is 0 Å². The van der Waals surface area contributed by atoms with Gasteiger partial charge in [-0.3, -0.25) is 0 Å². The molecule has 0 spiro atoms. The zero-order chi connectivity index (χ0) is 12.6. The maximum Gasteiger partial charge on any atom is 0.127 e. The molecule has 4 heteroatoms. The third-order valence-electron chi connectivity index (χ3n) is 3.82. The number of halogens is 1. The fourth-order valence-electron chi connectivity index (χ4n) is 2.98. The molecule has 0 bridgehead atoms. The number of hydrogen-bond acceptors (Lipinski definition) is 2. The summed E-state index contributed by atoms with van der Waals surface area (Å²) in [5.41, 5.74) is 2.24. The van der Waals surface area contributed by atoms with Crippen LogP contribution in [0.3, 0.4) is 0 Å². The molecule has 2 N–H and O–H groups in total. The molecule has 1 aliphatic rings. The molecule has 96 valence electrons. The standard InChI is InChI=1S/C14H18BrN3/c1-2-6-14(7-3-8-16-14)13-17-11-5-4-10(15)9-12(11)18-13/h4-5,9,16H,2-3,6-8H2,1H3,(H,17,18). The number of benzene rings is 1. The Morgan fingerprint density at radius 2 is 2.33 bits per heavy atom. The highest BCUT2D eigenvalue weighted by Gasteiger charge is 2.37. The van der Waals surface area contributed by atoms with Crippen LogP contribution in [0.15, 0.2) is 22.7 Å². The molecule has 1 unspecified atom stereocenters. The molecule has 1 saturated heterocycles. The number of H-pyrrole nitrogens is 1. The molecular formula is C14H18BrN3. The van der Waals surface area contributed by atoms with E-state index in [1.54, 1.807) is 0 Å². The zero-order valence-corrected chi connectivity index (χ0v) is 12.2. The third-order valence-corrected chi connectivity index (χ3v) is 4.31. The Balaban J connectivity index is 2.06.